The van der Waals surface area contributed by atoms with Gasteiger partial charge in [0.25, 0.3) is 0 Å². The molecule has 2 aliphatic carbocycles. The number of allylic oxidation sites excluding steroid dienone is 8. The Morgan fingerprint density at radius 3 is 1.08 bits per heavy atom. The Bertz CT molecular complexity index is 1050. The van der Waals surface area contributed by atoms with Gasteiger partial charge in [0.15, 0.2) is 0 Å². The molecule has 2 unspecified atom stereocenters. The van der Waals surface area contributed by atoms with Crippen LogP contribution in [0.5, 0.6) is 0 Å². The molecule has 0 saturated carbocycles. The van der Waals surface area contributed by atoms with Gasteiger partial charge < -0.3 is 24.8 Å². The Hall–Kier alpha value is -0.594. The normalized spacial score (nSPS) is 18.1. The molecule has 0 heterocycles. The molecule has 0 radical (unpaired) electrons. The zero-order valence-electron chi connectivity index (χ0n) is 24.8. The van der Waals surface area contributed by atoms with E-state index in [2.05, 4.69) is 154 Å². The van der Waals surface area contributed by atoms with Crippen molar-refractivity contribution >= 4 is 18.8 Å². The Balaban J connectivity index is 0.000000533. The van der Waals surface area contributed by atoms with E-state index in [0.717, 1.165) is 0 Å². The Labute approximate surface area is 262 Å². The summed E-state index contributed by atoms with van der Waals surface area (Å²) in [4.78, 5) is 0. The van der Waals surface area contributed by atoms with Crippen LogP contribution < -0.4 is 33.6 Å². The minimum atomic E-state index is -1.11. The number of rotatable bonds is 2. The van der Waals surface area contributed by atoms with E-state index in [-0.39, 0.29) is 24.8 Å². The molecule has 2 aliphatic rings. The molecular formula is C34H44Cl2GeZr-2. The number of hydrogen-bond acceptors (Lipinski definition) is 0. The first-order valence-corrected chi connectivity index (χ1v) is 22.6. The molecule has 4 heteroatoms. The van der Waals surface area contributed by atoms with Gasteiger partial charge in [0.1, 0.15) is 0 Å². The molecule has 0 N–H and O–H groups in total. The Morgan fingerprint density at radius 2 is 0.895 bits per heavy atom. The second kappa shape index (κ2) is 16.6. The van der Waals surface area contributed by atoms with Crippen LogP contribution in [0.3, 0.4) is 0 Å². The third-order valence-corrected chi connectivity index (χ3v) is 17.5. The molecule has 0 nitrogen and oxygen atoms in total. The zero-order valence-corrected chi connectivity index (χ0v) is 30.9. The van der Waals surface area contributed by atoms with Crippen LogP contribution in [0.2, 0.25) is 0 Å². The predicted octanol–water partition coefficient (Wildman–Crippen LogP) is 2.06. The maximum absolute atomic E-state index is 3.40. The van der Waals surface area contributed by atoms with Crippen molar-refractivity contribution in [3.8, 4) is 0 Å². The topological polar surface area (TPSA) is 0 Å². The second-order valence-electron chi connectivity index (χ2n) is 11.9. The molecule has 38 heavy (non-hydrogen) atoms. The number of hydrogen-bond donors (Lipinski definition) is 0. The molecule has 2 aromatic carbocycles. The van der Waals surface area contributed by atoms with Crippen LogP contribution in [0.15, 0.2) is 95.1 Å². The monoisotopic (exact) mass is 686 g/mol. The average Bonchev–Trinajstić information content (AvgIpc) is 3.35. The fourth-order valence-electron chi connectivity index (χ4n) is 4.67. The summed E-state index contributed by atoms with van der Waals surface area (Å²) in [5.74, 6) is 1.04. The standard InChI is InChI=1S/C12H10Ge.2C11H17.2ClH.Zr/c1-3-7-11(8-4-1)13-12-9-5-2-6-10-12;2*1-8-6-9(2)10(7-8)11(3,4)5;;;/h1-10H;2*7-8H,1-5H3;2*1H;/q;2*-1;;;+2/p-2. The van der Waals surface area contributed by atoms with E-state index in [1.54, 1.807) is 30.4 Å². The van der Waals surface area contributed by atoms with Crippen molar-refractivity contribution < 1.29 is 46.4 Å². The molecule has 0 aromatic heterocycles. The van der Waals surface area contributed by atoms with Crippen molar-refractivity contribution in [1.82, 2.24) is 0 Å². The SMILES string of the molecule is CC1=[C-]C(C)C=C1C(C)(C)C.CC1=[C-]C(C)C=C1C(C)(C)C.[Cl-].[Cl-].[Zr+2]=[Ge]([c]1ccccc1)[c]1ccccc1. The first kappa shape index (κ1) is 37.4. The Morgan fingerprint density at radius 1 is 0.605 bits per heavy atom. The summed E-state index contributed by atoms with van der Waals surface area (Å²) in [6.07, 6.45) is 11.4. The molecule has 0 saturated heterocycles. The summed E-state index contributed by atoms with van der Waals surface area (Å²) in [6, 6.07) is 21.9. The zero-order chi connectivity index (χ0) is 27.1. The quantitative estimate of drug-likeness (QED) is 0.336. The van der Waals surface area contributed by atoms with Gasteiger partial charge in [-0.1, -0.05) is 91.9 Å². The first-order chi connectivity index (χ1) is 16.7. The van der Waals surface area contributed by atoms with Crippen LogP contribution in [0, 0.1) is 34.8 Å². The fourth-order valence-corrected chi connectivity index (χ4v) is 11.8. The van der Waals surface area contributed by atoms with Gasteiger partial charge in [-0.2, -0.15) is 23.3 Å². The van der Waals surface area contributed by atoms with Crippen LogP contribution in [0.25, 0.3) is 0 Å². The minimum absolute atomic E-state index is 0. The van der Waals surface area contributed by atoms with E-state index in [1.165, 1.54) is 22.3 Å². The molecule has 0 aliphatic heterocycles. The van der Waals surface area contributed by atoms with Crippen LogP contribution in [0.1, 0.15) is 69.2 Å². The molecular weight excluding hydrogens is 643 g/mol. The molecule has 2 aromatic rings. The van der Waals surface area contributed by atoms with E-state index >= 15 is 0 Å². The van der Waals surface area contributed by atoms with Gasteiger partial charge in [-0.15, -0.1) is 0 Å². The van der Waals surface area contributed by atoms with Gasteiger partial charge in [-0.05, 0) is 0 Å². The van der Waals surface area contributed by atoms with Crippen LogP contribution >= 0.6 is 0 Å². The van der Waals surface area contributed by atoms with Crippen molar-refractivity contribution in [2.45, 2.75) is 69.2 Å². The predicted molar refractivity (Wildman–Crippen MR) is 156 cm³/mol. The van der Waals surface area contributed by atoms with Crippen LogP contribution in [-0.2, 0) is 21.6 Å². The van der Waals surface area contributed by atoms with Gasteiger partial charge in [-0.25, -0.2) is 11.1 Å². The van der Waals surface area contributed by atoms with E-state index in [9.17, 15) is 0 Å². The average molecular weight is 687 g/mol. The summed E-state index contributed by atoms with van der Waals surface area (Å²) >= 11 is 1.71. The van der Waals surface area contributed by atoms with Crippen LogP contribution in [0.4, 0.5) is 0 Å². The molecule has 4 rings (SSSR count). The molecule has 2 atom stereocenters. The molecule has 0 spiro atoms. The fraction of sp³-hybridized carbons (Fsp3) is 0.412. The summed E-state index contributed by atoms with van der Waals surface area (Å²) in [7, 11) is -1.11. The van der Waals surface area contributed by atoms with Crippen LogP contribution in [-0.4, -0.2) is 9.98 Å². The second-order valence-corrected chi connectivity index (χ2v) is 22.3. The summed E-state index contributed by atoms with van der Waals surface area (Å²) in [6.45, 7) is 22.2. The van der Waals surface area contributed by atoms with Gasteiger partial charge >= 0.3 is 101 Å². The number of halogens is 2. The number of benzene rings is 2. The summed E-state index contributed by atoms with van der Waals surface area (Å²) < 4.78 is 3.16. The first-order valence-electron chi connectivity index (χ1n) is 13.0. The van der Waals surface area contributed by atoms with Gasteiger partial charge in [0.2, 0.25) is 0 Å². The van der Waals surface area contributed by atoms with Crippen molar-refractivity contribution in [3.63, 3.8) is 0 Å². The van der Waals surface area contributed by atoms with Crippen molar-refractivity contribution in [3.05, 3.63) is 107 Å². The van der Waals surface area contributed by atoms with Gasteiger partial charge in [0, 0.05) is 0 Å². The Kier molecular flexibility index (Phi) is 16.4. The third-order valence-electron chi connectivity index (χ3n) is 6.27. The van der Waals surface area contributed by atoms with E-state index in [0.29, 0.717) is 22.7 Å². The van der Waals surface area contributed by atoms with Gasteiger partial charge in [0.05, 0.1) is 0 Å². The van der Waals surface area contributed by atoms with E-state index in [4.69, 9.17) is 0 Å². The van der Waals surface area contributed by atoms with Crippen molar-refractivity contribution in [1.29, 1.82) is 0 Å². The van der Waals surface area contributed by atoms with Crippen molar-refractivity contribution in [2.24, 2.45) is 22.7 Å². The van der Waals surface area contributed by atoms with E-state index in [1.807, 2.05) is 0 Å². The maximum atomic E-state index is 3.40. The third kappa shape index (κ3) is 11.9. The van der Waals surface area contributed by atoms with Gasteiger partial charge in [-0.3, -0.25) is 12.2 Å². The summed E-state index contributed by atoms with van der Waals surface area (Å²) in [5.41, 5.74) is 6.19. The molecule has 0 amide bonds. The molecule has 204 valence electrons. The van der Waals surface area contributed by atoms with Crippen molar-refractivity contribution in [2.75, 3.05) is 0 Å². The summed E-state index contributed by atoms with van der Waals surface area (Å²) in [5, 5.41) is 0. The molecule has 0 bridgehead atoms. The molecule has 0 fully saturated rings. The van der Waals surface area contributed by atoms with E-state index < -0.39 is 9.98 Å².